The van der Waals surface area contributed by atoms with E-state index in [0.717, 1.165) is 16.8 Å². The first kappa shape index (κ1) is 14.5. The van der Waals surface area contributed by atoms with Gasteiger partial charge >= 0.3 is 0 Å². The van der Waals surface area contributed by atoms with Gasteiger partial charge in [-0.3, -0.25) is 4.79 Å². The van der Waals surface area contributed by atoms with Gasteiger partial charge in [-0.1, -0.05) is 13.3 Å². The van der Waals surface area contributed by atoms with Crippen molar-refractivity contribution >= 4 is 31.9 Å². The van der Waals surface area contributed by atoms with E-state index in [1.54, 1.807) is 0 Å². The van der Waals surface area contributed by atoms with Gasteiger partial charge in [-0.15, -0.1) is 0 Å². The molecule has 1 aliphatic rings. The molecule has 0 aliphatic carbocycles. The van der Waals surface area contributed by atoms with Crippen LogP contribution in [0.25, 0.3) is 0 Å². The Kier molecular flexibility index (Phi) is 3.96. The van der Waals surface area contributed by atoms with Crippen molar-refractivity contribution in [2.24, 2.45) is 5.92 Å². The lowest BCUT2D eigenvalue weighted by Gasteiger charge is -2.17. The van der Waals surface area contributed by atoms with Crippen LogP contribution in [0, 0.1) is 11.7 Å². The second-order valence-corrected chi connectivity index (χ2v) is 7.20. The molecule has 104 valence electrons. The van der Waals surface area contributed by atoms with Crippen LogP contribution in [-0.4, -0.2) is 25.2 Å². The van der Waals surface area contributed by atoms with Crippen molar-refractivity contribution in [3.63, 3.8) is 0 Å². The van der Waals surface area contributed by atoms with E-state index in [1.165, 1.54) is 12.1 Å². The zero-order chi connectivity index (χ0) is 14.2. The summed E-state index contributed by atoms with van der Waals surface area (Å²) >= 11 is 2.96. The Balaban J connectivity index is 2.37. The van der Waals surface area contributed by atoms with Gasteiger partial charge in [-0.2, -0.15) is 0 Å². The number of hydrogen-bond donors (Lipinski definition) is 0. The maximum atomic E-state index is 13.4. The summed E-state index contributed by atoms with van der Waals surface area (Å²) in [6.07, 6.45) is 0.973. The molecule has 0 spiro atoms. The third kappa shape index (κ3) is 2.67. The second kappa shape index (κ2) is 5.20. The number of carbonyl (C=O) groups excluding carboxylic acids is 1. The number of carbonyl (C=O) groups is 1. The first-order chi connectivity index (χ1) is 8.86. The predicted octanol–water partition coefficient (Wildman–Crippen LogP) is 2.54. The second-order valence-electron chi connectivity index (χ2n) is 4.48. The highest BCUT2D eigenvalue weighted by atomic mass is 79.9. The Bertz CT molecular complexity index is 617. The number of benzene rings is 1. The van der Waals surface area contributed by atoms with Crippen LogP contribution in [-0.2, 0) is 14.8 Å². The molecule has 0 saturated carbocycles. The Hall–Kier alpha value is -0.950. The highest BCUT2D eigenvalue weighted by molar-refractivity contribution is 9.10. The molecule has 0 aromatic heterocycles. The summed E-state index contributed by atoms with van der Waals surface area (Å²) in [6, 6.07) is 3.53. The summed E-state index contributed by atoms with van der Waals surface area (Å²) in [4.78, 5) is 11.6. The maximum Gasteiger partial charge on any atom is 0.266 e. The van der Waals surface area contributed by atoms with Gasteiger partial charge in [0.1, 0.15) is 5.82 Å². The van der Waals surface area contributed by atoms with Crippen LogP contribution >= 0.6 is 15.9 Å². The zero-order valence-corrected chi connectivity index (χ0v) is 12.7. The summed E-state index contributed by atoms with van der Waals surface area (Å²) in [5, 5.41) is 0. The van der Waals surface area contributed by atoms with E-state index < -0.39 is 21.7 Å². The molecule has 1 heterocycles. The molecule has 1 saturated heterocycles. The van der Waals surface area contributed by atoms with Gasteiger partial charge in [-0.25, -0.2) is 17.1 Å². The fraction of sp³-hybridized carbons (Fsp3) is 0.417. The van der Waals surface area contributed by atoms with Gasteiger partial charge < -0.3 is 0 Å². The van der Waals surface area contributed by atoms with E-state index in [-0.39, 0.29) is 28.3 Å². The number of nitrogens with zero attached hydrogens (tertiary/aromatic N) is 1. The average molecular weight is 350 g/mol. The van der Waals surface area contributed by atoms with Crippen molar-refractivity contribution in [3.05, 3.63) is 28.5 Å². The van der Waals surface area contributed by atoms with E-state index in [2.05, 4.69) is 15.9 Å². The summed E-state index contributed by atoms with van der Waals surface area (Å²) in [5.41, 5.74) is 0. The Morgan fingerprint density at radius 1 is 1.47 bits per heavy atom. The van der Waals surface area contributed by atoms with Crippen molar-refractivity contribution in [1.29, 1.82) is 0 Å². The van der Waals surface area contributed by atoms with Crippen LogP contribution in [0.4, 0.5) is 4.39 Å². The van der Waals surface area contributed by atoms with Crippen LogP contribution in [0.3, 0.4) is 0 Å². The van der Waals surface area contributed by atoms with E-state index >= 15 is 0 Å². The molecular weight excluding hydrogens is 337 g/mol. The summed E-state index contributed by atoms with van der Waals surface area (Å²) in [7, 11) is -3.95. The largest absolute Gasteiger partial charge is 0.274 e. The average Bonchev–Trinajstić information content (AvgIpc) is 2.74. The van der Waals surface area contributed by atoms with E-state index in [4.69, 9.17) is 0 Å². The van der Waals surface area contributed by atoms with Crippen molar-refractivity contribution in [3.8, 4) is 0 Å². The molecule has 19 heavy (non-hydrogen) atoms. The van der Waals surface area contributed by atoms with Gasteiger partial charge in [0.2, 0.25) is 5.91 Å². The highest BCUT2D eigenvalue weighted by Crippen LogP contribution is 2.28. The van der Waals surface area contributed by atoms with E-state index in [9.17, 15) is 17.6 Å². The molecule has 0 bridgehead atoms. The van der Waals surface area contributed by atoms with Gasteiger partial charge in [0.25, 0.3) is 10.0 Å². The van der Waals surface area contributed by atoms with Gasteiger partial charge in [0.15, 0.2) is 0 Å². The standard InChI is InChI=1S/C12H13BrFNO3S/c1-2-8-5-12(16)15(7-8)19(17,18)9-3-4-10(13)11(14)6-9/h3-4,6,8H,2,5,7H2,1H3. The number of halogens is 2. The lowest BCUT2D eigenvalue weighted by Crippen LogP contribution is -2.32. The molecule has 0 N–H and O–H groups in total. The fourth-order valence-corrected chi connectivity index (χ4v) is 3.76. The summed E-state index contributed by atoms with van der Waals surface area (Å²) in [6.45, 7) is 2.09. The van der Waals surface area contributed by atoms with Crippen molar-refractivity contribution in [2.45, 2.75) is 24.7 Å². The fourth-order valence-electron chi connectivity index (χ4n) is 2.02. The topological polar surface area (TPSA) is 54.5 Å². The minimum atomic E-state index is -3.95. The van der Waals surface area contributed by atoms with Crippen molar-refractivity contribution in [1.82, 2.24) is 4.31 Å². The monoisotopic (exact) mass is 349 g/mol. The Morgan fingerprint density at radius 3 is 2.68 bits per heavy atom. The predicted molar refractivity (Wildman–Crippen MR) is 71.4 cm³/mol. The third-order valence-electron chi connectivity index (χ3n) is 3.22. The molecule has 1 aromatic rings. The summed E-state index contributed by atoms with van der Waals surface area (Å²) in [5.74, 6) is -1.04. The highest BCUT2D eigenvalue weighted by Gasteiger charge is 2.37. The first-order valence-corrected chi connectivity index (χ1v) is 8.10. The van der Waals surface area contributed by atoms with Crippen molar-refractivity contribution < 1.29 is 17.6 Å². The van der Waals surface area contributed by atoms with Gasteiger partial charge in [0.05, 0.1) is 9.37 Å². The quantitative estimate of drug-likeness (QED) is 0.842. The van der Waals surface area contributed by atoms with E-state index in [0.29, 0.717) is 0 Å². The van der Waals surface area contributed by atoms with Crippen LogP contribution in [0.1, 0.15) is 19.8 Å². The van der Waals surface area contributed by atoms with Crippen LogP contribution < -0.4 is 0 Å². The van der Waals surface area contributed by atoms with E-state index in [1.807, 2.05) is 6.92 Å². The Morgan fingerprint density at radius 2 is 2.16 bits per heavy atom. The molecule has 1 unspecified atom stereocenters. The minimum Gasteiger partial charge on any atom is -0.274 e. The molecule has 0 radical (unpaired) electrons. The SMILES string of the molecule is CCC1CC(=O)N(S(=O)(=O)c2ccc(Br)c(F)c2)C1. The molecule has 1 fully saturated rings. The number of hydrogen-bond acceptors (Lipinski definition) is 3. The zero-order valence-electron chi connectivity index (χ0n) is 10.3. The molecule has 4 nitrogen and oxygen atoms in total. The Labute approximate surface area is 119 Å². The molecule has 2 rings (SSSR count). The maximum absolute atomic E-state index is 13.4. The molecule has 1 aliphatic heterocycles. The molecule has 7 heteroatoms. The molecular formula is C12H13BrFNO3S. The third-order valence-corrected chi connectivity index (χ3v) is 5.65. The van der Waals surface area contributed by atoms with Crippen molar-refractivity contribution in [2.75, 3.05) is 6.54 Å². The minimum absolute atomic E-state index is 0.0440. The molecule has 1 atom stereocenters. The van der Waals surface area contributed by atoms with Gasteiger partial charge in [0, 0.05) is 13.0 Å². The number of amides is 1. The van der Waals surface area contributed by atoms with Crippen LogP contribution in [0.15, 0.2) is 27.6 Å². The normalized spacial score (nSPS) is 20.1. The smallest absolute Gasteiger partial charge is 0.266 e. The number of rotatable bonds is 3. The lowest BCUT2D eigenvalue weighted by atomic mass is 10.1. The molecule has 1 amide bonds. The molecule has 1 aromatic carbocycles. The van der Waals surface area contributed by atoms with Crippen LogP contribution in [0.5, 0.6) is 0 Å². The van der Waals surface area contributed by atoms with Gasteiger partial charge in [-0.05, 0) is 40.0 Å². The van der Waals surface area contributed by atoms with Crippen LogP contribution in [0.2, 0.25) is 0 Å². The number of sulfonamides is 1. The first-order valence-electron chi connectivity index (χ1n) is 5.87. The summed E-state index contributed by atoms with van der Waals surface area (Å²) < 4.78 is 39.0. The lowest BCUT2D eigenvalue weighted by molar-refractivity contribution is -0.123.